The zero-order chi connectivity index (χ0) is 14.8. The fraction of sp³-hybridized carbons (Fsp3) is 0.417. The molecule has 2 rings (SSSR count). The number of rotatable bonds is 6. The SMILES string of the molecule is CNCc1cn[nH]c1S(=O)(=O)NC(C)c1ccc(C)s1. The number of hydrogen-bond donors (Lipinski definition) is 3. The maximum Gasteiger partial charge on any atom is 0.258 e. The number of sulfonamides is 1. The Kier molecular flexibility index (Phi) is 4.59. The Hall–Kier alpha value is -1.22. The third-order valence-corrected chi connectivity index (χ3v) is 5.57. The lowest BCUT2D eigenvalue weighted by atomic mass is 10.3. The quantitative estimate of drug-likeness (QED) is 0.755. The van der Waals surface area contributed by atoms with Crippen LogP contribution in [0.3, 0.4) is 0 Å². The summed E-state index contributed by atoms with van der Waals surface area (Å²) in [4.78, 5) is 2.14. The first kappa shape index (κ1) is 15.2. The number of aromatic amines is 1. The first-order valence-electron chi connectivity index (χ1n) is 6.19. The average molecular weight is 314 g/mol. The van der Waals surface area contributed by atoms with Gasteiger partial charge in [-0.3, -0.25) is 5.10 Å². The molecular weight excluding hydrogens is 296 g/mol. The third-order valence-electron chi connectivity index (χ3n) is 2.83. The molecule has 2 aromatic heterocycles. The fourth-order valence-electron chi connectivity index (χ4n) is 1.88. The highest BCUT2D eigenvalue weighted by molar-refractivity contribution is 7.89. The summed E-state index contributed by atoms with van der Waals surface area (Å²) in [6.07, 6.45) is 1.52. The van der Waals surface area contributed by atoms with E-state index in [-0.39, 0.29) is 11.1 Å². The summed E-state index contributed by atoms with van der Waals surface area (Å²) in [6.45, 7) is 4.27. The Labute approximate surface area is 122 Å². The molecule has 0 radical (unpaired) electrons. The molecule has 0 aliphatic carbocycles. The lowest BCUT2D eigenvalue weighted by Gasteiger charge is -2.12. The van der Waals surface area contributed by atoms with Gasteiger partial charge in [0.25, 0.3) is 10.0 Å². The highest BCUT2D eigenvalue weighted by Crippen LogP contribution is 2.24. The van der Waals surface area contributed by atoms with Crippen LogP contribution in [0.15, 0.2) is 23.4 Å². The van der Waals surface area contributed by atoms with Gasteiger partial charge in [-0.1, -0.05) is 0 Å². The summed E-state index contributed by atoms with van der Waals surface area (Å²) in [5, 5.41) is 9.40. The normalized spacial score (nSPS) is 13.6. The second-order valence-electron chi connectivity index (χ2n) is 4.55. The maximum atomic E-state index is 12.4. The predicted octanol–water partition coefficient (Wildman–Crippen LogP) is 1.54. The Bertz CT molecular complexity index is 675. The van der Waals surface area contributed by atoms with Gasteiger partial charge in [0.1, 0.15) is 0 Å². The molecule has 2 heterocycles. The summed E-state index contributed by atoms with van der Waals surface area (Å²) in [6, 6.07) is 3.65. The number of thiophene rings is 1. The minimum absolute atomic E-state index is 0.118. The molecule has 0 aliphatic heterocycles. The Balaban J connectivity index is 2.20. The molecule has 0 spiro atoms. The van der Waals surface area contributed by atoms with Crippen molar-refractivity contribution in [2.24, 2.45) is 0 Å². The minimum atomic E-state index is -3.61. The topological polar surface area (TPSA) is 86.9 Å². The summed E-state index contributed by atoms with van der Waals surface area (Å²) in [5.74, 6) is 0. The smallest absolute Gasteiger partial charge is 0.258 e. The molecule has 0 aliphatic rings. The van der Waals surface area contributed by atoms with Gasteiger partial charge in [0.15, 0.2) is 5.03 Å². The van der Waals surface area contributed by atoms with Gasteiger partial charge in [0.2, 0.25) is 0 Å². The lowest BCUT2D eigenvalue weighted by molar-refractivity contribution is 0.562. The van der Waals surface area contributed by atoms with Gasteiger partial charge in [-0.25, -0.2) is 13.1 Å². The summed E-state index contributed by atoms with van der Waals surface area (Å²) in [5.41, 5.74) is 0.620. The fourth-order valence-corrected chi connectivity index (χ4v) is 4.19. The van der Waals surface area contributed by atoms with Crippen LogP contribution in [0.1, 0.15) is 28.3 Å². The molecule has 3 N–H and O–H groups in total. The first-order valence-corrected chi connectivity index (χ1v) is 8.49. The van der Waals surface area contributed by atoms with Crippen LogP contribution in [0.25, 0.3) is 0 Å². The standard InChI is InChI=1S/C12H18N4O2S2/c1-8-4-5-11(19-8)9(2)16-20(17,18)12-10(6-13-3)7-14-15-12/h4-5,7,9,13,16H,6H2,1-3H3,(H,14,15). The van der Waals surface area contributed by atoms with E-state index in [1.54, 1.807) is 18.4 Å². The molecule has 2 aromatic rings. The number of aryl methyl sites for hydroxylation is 1. The van der Waals surface area contributed by atoms with Crippen molar-refractivity contribution >= 4 is 21.4 Å². The molecule has 0 amide bonds. The largest absolute Gasteiger partial charge is 0.316 e. The van der Waals surface area contributed by atoms with E-state index in [4.69, 9.17) is 0 Å². The highest BCUT2D eigenvalue weighted by Gasteiger charge is 2.23. The van der Waals surface area contributed by atoms with Crippen molar-refractivity contribution in [3.8, 4) is 0 Å². The minimum Gasteiger partial charge on any atom is -0.316 e. The molecule has 0 saturated carbocycles. The van der Waals surface area contributed by atoms with E-state index in [1.165, 1.54) is 6.20 Å². The van der Waals surface area contributed by atoms with Crippen LogP contribution in [-0.2, 0) is 16.6 Å². The van der Waals surface area contributed by atoms with Crippen LogP contribution in [0.4, 0.5) is 0 Å². The predicted molar refractivity (Wildman–Crippen MR) is 79.1 cm³/mol. The van der Waals surface area contributed by atoms with E-state index in [9.17, 15) is 8.42 Å². The van der Waals surface area contributed by atoms with Crippen molar-refractivity contribution in [1.82, 2.24) is 20.2 Å². The van der Waals surface area contributed by atoms with Crippen molar-refractivity contribution in [3.63, 3.8) is 0 Å². The van der Waals surface area contributed by atoms with Crippen LogP contribution in [0.5, 0.6) is 0 Å². The summed E-state index contributed by atoms with van der Waals surface area (Å²) < 4.78 is 27.4. The van der Waals surface area contributed by atoms with Crippen LogP contribution in [-0.4, -0.2) is 25.7 Å². The molecule has 0 saturated heterocycles. The van der Waals surface area contributed by atoms with E-state index < -0.39 is 10.0 Å². The monoisotopic (exact) mass is 314 g/mol. The van der Waals surface area contributed by atoms with Crippen molar-refractivity contribution in [2.45, 2.75) is 31.5 Å². The van der Waals surface area contributed by atoms with E-state index >= 15 is 0 Å². The number of H-pyrrole nitrogens is 1. The third kappa shape index (κ3) is 3.26. The molecule has 0 fully saturated rings. The number of aromatic nitrogens is 2. The van der Waals surface area contributed by atoms with Crippen LogP contribution in [0.2, 0.25) is 0 Å². The molecule has 0 bridgehead atoms. The Morgan fingerprint density at radius 2 is 2.20 bits per heavy atom. The van der Waals surface area contributed by atoms with E-state index in [2.05, 4.69) is 20.2 Å². The van der Waals surface area contributed by atoms with Gasteiger partial charge in [-0.2, -0.15) is 5.10 Å². The summed E-state index contributed by atoms with van der Waals surface area (Å²) >= 11 is 1.58. The van der Waals surface area contributed by atoms with E-state index in [0.717, 1.165) is 9.75 Å². The van der Waals surface area contributed by atoms with Crippen molar-refractivity contribution < 1.29 is 8.42 Å². The zero-order valence-electron chi connectivity index (χ0n) is 11.6. The number of nitrogens with one attached hydrogen (secondary N) is 3. The molecule has 6 nitrogen and oxygen atoms in total. The molecule has 1 unspecified atom stereocenters. The molecule has 20 heavy (non-hydrogen) atoms. The molecule has 8 heteroatoms. The van der Waals surface area contributed by atoms with Gasteiger partial charge in [-0.05, 0) is 33.0 Å². The van der Waals surface area contributed by atoms with Gasteiger partial charge in [0, 0.05) is 21.9 Å². The van der Waals surface area contributed by atoms with Crippen molar-refractivity contribution in [1.29, 1.82) is 0 Å². The van der Waals surface area contributed by atoms with Crippen LogP contribution in [0, 0.1) is 6.92 Å². The molecule has 0 aromatic carbocycles. The van der Waals surface area contributed by atoms with Crippen molar-refractivity contribution in [3.05, 3.63) is 33.6 Å². The number of hydrogen-bond acceptors (Lipinski definition) is 5. The Morgan fingerprint density at radius 3 is 2.80 bits per heavy atom. The highest BCUT2D eigenvalue weighted by atomic mass is 32.2. The van der Waals surface area contributed by atoms with Gasteiger partial charge < -0.3 is 5.32 Å². The average Bonchev–Trinajstić information content (AvgIpc) is 2.98. The van der Waals surface area contributed by atoms with E-state index in [0.29, 0.717) is 12.1 Å². The summed E-state index contributed by atoms with van der Waals surface area (Å²) in [7, 11) is -1.85. The first-order chi connectivity index (χ1) is 9.44. The molecule has 1 atom stereocenters. The van der Waals surface area contributed by atoms with E-state index in [1.807, 2.05) is 26.0 Å². The van der Waals surface area contributed by atoms with Gasteiger partial charge >= 0.3 is 0 Å². The molecule has 110 valence electrons. The molecular formula is C12H18N4O2S2. The Morgan fingerprint density at radius 1 is 1.45 bits per heavy atom. The van der Waals surface area contributed by atoms with Gasteiger partial charge in [-0.15, -0.1) is 11.3 Å². The maximum absolute atomic E-state index is 12.4. The second kappa shape index (κ2) is 6.04. The zero-order valence-corrected chi connectivity index (χ0v) is 13.2. The van der Waals surface area contributed by atoms with Crippen LogP contribution < -0.4 is 10.0 Å². The van der Waals surface area contributed by atoms with Crippen molar-refractivity contribution in [2.75, 3.05) is 7.05 Å². The van der Waals surface area contributed by atoms with Crippen LogP contribution >= 0.6 is 11.3 Å². The number of nitrogens with zero attached hydrogens (tertiary/aromatic N) is 1. The second-order valence-corrected chi connectivity index (χ2v) is 7.52. The van der Waals surface area contributed by atoms with Gasteiger partial charge in [0.05, 0.1) is 12.2 Å². The lowest BCUT2D eigenvalue weighted by Crippen LogP contribution is -2.28.